The summed E-state index contributed by atoms with van der Waals surface area (Å²) in [6.07, 6.45) is -0.405. The largest absolute Gasteiger partial charge is 0.452 e. The fourth-order valence-corrected chi connectivity index (χ4v) is 6.55. The molecule has 0 bridgehead atoms. The minimum Gasteiger partial charge on any atom is -0.452 e. The standard InChI is InChI=1S/C39H27N3O2/c1-3-12-24(13-4-1)37-40-38(25-14-5-2-6-15-25)42-39(41-37)30-18-8-7-16-26(30)28-19-11-21-33-34(28)31-23-22-29-27-17-9-10-20-32(27)43-35(29)36(31)44-33/h1-23,37,39,41H,(H,40,42). The lowest BCUT2D eigenvalue weighted by atomic mass is 9.93. The van der Waals surface area contributed by atoms with Crippen LogP contribution >= 0.6 is 0 Å². The first kappa shape index (κ1) is 24.9. The van der Waals surface area contributed by atoms with Crippen molar-refractivity contribution in [2.24, 2.45) is 4.99 Å². The minimum atomic E-state index is -0.211. The molecule has 1 aliphatic heterocycles. The summed E-state index contributed by atoms with van der Waals surface area (Å²) in [5, 5.41) is 11.8. The molecule has 0 saturated heterocycles. The van der Waals surface area contributed by atoms with Crippen molar-refractivity contribution in [2.75, 3.05) is 0 Å². The van der Waals surface area contributed by atoms with Crippen molar-refractivity contribution in [3.63, 3.8) is 0 Å². The number of para-hydroxylation sites is 1. The van der Waals surface area contributed by atoms with Gasteiger partial charge in [0.05, 0.1) is 0 Å². The van der Waals surface area contributed by atoms with E-state index in [1.807, 2.05) is 48.5 Å². The van der Waals surface area contributed by atoms with Crippen LogP contribution in [0.1, 0.15) is 29.0 Å². The molecule has 6 aromatic carbocycles. The minimum absolute atomic E-state index is 0.195. The van der Waals surface area contributed by atoms with Gasteiger partial charge in [-0.3, -0.25) is 5.32 Å². The van der Waals surface area contributed by atoms with E-state index in [1.54, 1.807) is 0 Å². The quantitative estimate of drug-likeness (QED) is 0.222. The maximum Gasteiger partial charge on any atom is 0.178 e. The van der Waals surface area contributed by atoms with Crippen LogP contribution in [0.5, 0.6) is 0 Å². The Morgan fingerprint density at radius 3 is 2.07 bits per heavy atom. The molecule has 2 atom stereocenters. The monoisotopic (exact) mass is 569 g/mol. The summed E-state index contributed by atoms with van der Waals surface area (Å²) in [4.78, 5) is 5.10. The highest BCUT2D eigenvalue weighted by atomic mass is 16.4. The van der Waals surface area contributed by atoms with Gasteiger partial charge in [-0.1, -0.05) is 115 Å². The molecule has 44 heavy (non-hydrogen) atoms. The van der Waals surface area contributed by atoms with Crippen molar-refractivity contribution in [3.8, 4) is 11.1 Å². The Kier molecular flexibility index (Phi) is 5.64. The third kappa shape index (κ3) is 3.94. The second-order valence-electron chi connectivity index (χ2n) is 11.2. The van der Waals surface area contributed by atoms with Gasteiger partial charge in [0.25, 0.3) is 0 Å². The lowest BCUT2D eigenvalue weighted by molar-refractivity contribution is 0.409. The lowest BCUT2D eigenvalue weighted by Crippen LogP contribution is -2.45. The van der Waals surface area contributed by atoms with E-state index in [9.17, 15) is 0 Å². The zero-order valence-corrected chi connectivity index (χ0v) is 23.7. The van der Waals surface area contributed by atoms with Gasteiger partial charge in [0.1, 0.15) is 29.3 Å². The molecule has 2 aromatic heterocycles. The normalized spacial score (nSPS) is 16.9. The molecule has 0 saturated carbocycles. The molecular weight excluding hydrogens is 542 g/mol. The molecule has 0 amide bonds. The van der Waals surface area contributed by atoms with Crippen LogP contribution in [0.3, 0.4) is 0 Å². The van der Waals surface area contributed by atoms with Gasteiger partial charge < -0.3 is 14.2 Å². The highest BCUT2D eigenvalue weighted by molar-refractivity contribution is 6.21. The Hall–Kier alpha value is -5.65. The van der Waals surface area contributed by atoms with E-state index in [-0.39, 0.29) is 12.3 Å². The van der Waals surface area contributed by atoms with Crippen molar-refractivity contribution in [3.05, 3.63) is 156 Å². The molecule has 3 heterocycles. The number of benzene rings is 6. The van der Waals surface area contributed by atoms with E-state index in [0.29, 0.717) is 0 Å². The first-order chi connectivity index (χ1) is 21.8. The maximum atomic E-state index is 6.55. The van der Waals surface area contributed by atoms with Crippen LogP contribution < -0.4 is 10.6 Å². The molecule has 2 N–H and O–H groups in total. The summed E-state index contributed by atoms with van der Waals surface area (Å²) >= 11 is 0. The lowest BCUT2D eigenvalue weighted by Gasteiger charge is -2.33. The summed E-state index contributed by atoms with van der Waals surface area (Å²) in [6.45, 7) is 0. The van der Waals surface area contributed by atoms with Gasteiger partial charge in [-0.15, -0.1) is 0 Å². The third-order valence-electron chi connectivity index (χ3n) is 8.60. The van der Waals surface area contributed by atoms with Crippen LogP contribution in [0.4, 0.5) is 0 Å². The van der Waals surface area contributed by atoms with E-state index < -0.39 is 0 Å². The van der Waals surface area contributed by atoms with Gasteiger partial charge in [0, 0.05) is 27.1 Å². The summed E-state index contributed by atoms with van der Waals surface area (Å²) < 4.78 is 12.9. The number of nitrogens with one attached hydrogen (secondary N) is 2. The number of amidine groups is 1. The fourth-order valence-electron chi connectivity index (χ4n) is 6.55. The maximum absolute atomic E-state index is 6.55. The first-order valence-corrected chi connectivity index (χ1v) is 14.9. The van der Waals surface area contributed by atoms with Crippen LogP contribution in [-0.2, 0) is 0 Å². The average Bonchev–Trinajstić information content (AvgIpc) is 3.68. The Morgan fingerprint density at radius 1 is 0.523 bits per heavy atom. The number of hydrogen-bond donors (Lipinski definition) is 2. The highest BCUT2D eigenvalue weighted by Gasteiger charge is 2.28. The number of aliphatic imine (C=N–C) groups is 1. The summed E-state index contributed by atoms with van der Waals surface area (Å²) in [5.74, 6) is 0.859. The van der Waals surface area contributed by atoms with E-state index in [1.165, 1.54) is 0 Å². The molecule has 210 valence electrons. The van der Waals surface area contributed by atoms with Crippen molar-refractivity contribution in [2.45, 2.75) is 12.3 Å². The van der Waals surface area contributed by atoms with Gasteiger partial charge in [-0.05, 0) is 46.5 Å². The smallest absolute Gasteiger partial charge is 0.178 e. The Morgan fingerprint density at radius 2 is 1.18 bits per heavy atom. The molecule has 1 aliphatic rings. The topological polar surface area (TPSA) is 62.7 Å². The van der Waals surface area contributed by atoms with Gasteiger partial charge >= 0.3 is 0 Å². The SMILES string of the molecule is c1ccc(C2=NC(c3ccccc3)NC(c3ccccc3-c3cccc4oc5c(ccc6c7ccccc7oc65)c34)N2)cc1. The van der Waals surface area contributed by atoms with Crippen LogP contribution in [0.2, 0.25) is 0 Å². The second kappa shape index (κ2) is 9.97. The van der Waals surface area contributed by atoms with Gasteiger partial charge in [-0.2, -0.15) is 0 Å². The Bertz CT molecular complexity index is 2350. The molecular formula is C39H27N3O2. The van der Waals surface area contributed by atoms with Gasteiger partial charge in [0.15, 0.2) is 11.2 Å². The van der Waals surface area contributed by atoms with Crippen LogP contribution in [0, 0.1) is 0 Å². The zero-order chi connectivity index (χ0) is 29.0. The predicted molar refractivity (Wildman–Crippen MR) is 178 cm³/mol. The molecule has 2 unspecified atom stereocenters. The molecule has 9 rings (SSSR count). The van der Waals surface area contributed by atoms with Gasteiger partial charge in [0.2, 0.25) is 0 Å². The Labute approximate surface area is 253 Å². The van der Waals surface area contributed by atoms with Crippen molar-refractivity contribution >= 4 is 49.7 Å². The second-order valence-corrected chi connectivity index (χ2v) is 11.2. The molecule has 5 nitrogen and oxygen atoms in total. The number of hydrogen-bond acceptors (Lipinski definition) is 5. The van der Waals surface area contributed by atoms with Crippen LogP contribution in [-0.4, -0.2) is 5.84 Å². The summed E-state index contributed by atoms with van der Waals surface area (Å²) in [5.41, 5.74) is 8.77. The molecule has 0 aliphatic carbocycles. The average molecular weight is 570 g/mol. The molecule has 5 heteroatoms. The molecule has 8 aromatic rings. The fraction of sp³-hybridized carbons (Fsp3) is 0.0513. The van der Waals surface area contributed by atoms with Crippen molar-refractivity contribution in [1.29, 1.82) is 0 Å². The van der Waals surface area contributed by atoms with Crippen molar-refractivity contribution < 1.29 is 8.83 Å². The highest BCUT2D eigenvalue weighted by Crippen LogP contribution is 2.43. The van der Waals surface area contributed by atoms with Crippen LogP contribution in [0.15, 0.2) is 153 Å². The zero-order valence-electron chi connectivity index (χ0n) is 23.7. The van der Waals surface area contributed by atoms with Gasteiger partial charge in [-0.25, -0.2) is 4.99 Å². The molecule has 0 radical (unpaired) electrons. The van der Waals surface area contributed by atoms with E-state index in [4.69, 9.17) is 13.8 Å². The number of furan rings is 2. The van der Waals surface area contributed by atoms with Crippen molar-refractivity contribution in [1.82, 2.24) is 10.6 Å². The first-order valence-electron chi connectivity index (χ1n) is 14.9. The third-order valence-corrected chi connectivity index (χ3v) is 8.60. The van der Waals surface area contributed by atoms with E-state index in [0.717, 1.165) is 77.5 Å². The number of nitrogens with zero attached hydrogens (tertiary/aromatic N) is 1. The van der Waals surface area contributed by atoms with E-state index >= 15 is 0 Å². The van der Waals surface area contributed by atoms with E-state index in [2.05, 4.69) is 102 Å². The predicted octanol–water partition coefficient (Wildman–Crippen LogP) is 9.49. The van der Waals surface area contributed by atoms with Crippen LogP contribution in [0.25, 0.3) is 55.0 Å². The number of rotatable bonds is 4. The molecule has 0 fully saturated rings. The Balaban J connectivity index is 1.21. The molecule has 0 spiro atoms. The summed E-state index contributed by atoms with van der Waals surface area (Å²) in [7, 11) is 0. The summed E-state index contributed by atoms with van der Waals surface area (Å²) in [6, 6.07) is 48.0. The number of fused-ring (bicyclic) bond motifs is 7.